The number of nitrogens with one attached hydrogen (secondary N) is 2. The molecule has 1 amide bonds. The van der Waals surface area contributed by atoms with Gasteiger partial charge in [0.2, 0.25) is 5.56 Å². The Hall–Kier alpha value is -4.30. The van der Waals surface area contributed by atoms with Crippen molar-refractivity contribution in [1.29, 1.82) is 0 Å². The topological polar surface area (TPSA) is 212 Å². The maximum atomic E-state index is 13.3. The number of carboxylic acid groups (broad SMARTS) is 3. The van der Waals surface area contributed by atoms with Gasteiger partial charge in [0.15, 0.2) is 5.54 Å². The molecule has 14 heteroatoms. The van der Waals surface area contributed by atoms with Crippen LogP contribution in [0.4, 0.5) is 0 Å². The molecule has 3 atom stereocenters. The number of morpholine rings is 1. The summed E-state index contributed by atoms with van der Waals surface area (Å²) in [6, 6.07) is 13.2. The molecule has 4 rings (SSSR count). The Morgan fingerprint density at radius 2 is 1.70 bits per heavy atom. The Balaban J connectivity index is 0.000000456. The second-order valence-electron chi connectivity index (χ2n) is 10.3. The van der Waals surface area contributed by atoms with E-state index in [-0.39, 0.29) is 24.8 Å². The molecule has 0 radical (unpaired) electrons. The fourth-order valence-corrected chi connectivity index (χ4v) is 5.01. The lowest BCUT2D eigenvalue weighted by Crippen LogP contribution is -2.68. The van der Waals surface area contributed by atoms with E-state index in [9.17, 15) is 29.1 Å². The second kappa shape index (κ2) is 15.4. The maximum Gasteiger partial charge on any atom is 0.331 e. The van der Waals surface area contributed by atoms with E-state index in [0.29, 0.717) is 48.0 Å². The predicted molar refractivity (Wildman–Crippen MR) is 162 cm³/mol. The number of carbonyl (C=O) groups excluding carboxylic acids is 1. The molecule has 1 aliphatic rings. The van der Waals surface area contributed by atoms with Gasteiger partial charge in [-0.2, -0.15) is 0 Å². The van der Waals surface area contributed by atoms with Gasteiger partial charge in [-0.15, -0.1) is 0 Å². The molecule has 1 aromatic heterocycles. The number of benzene rings is 2. The highest BCUT2D eigenvalue weighted by Gasteiger charge is 2.48. The van der Waals surface area contributed by atoms with Crippen molar-refractivity contribution in [1.82, 2.24) is 15.2 Å². The average molecular weight is 631 g/mol. The first kappa shape index (κ1) is 34.2. The van der Waals surface area contributed by atoms with Crippen LogP contribution in [-0.2, 0) is 25.5 Å². The number of H-pyrrole nitrogens is 1. The number of nitrogens with two attached hydrogens (primary N) is 1. The maximum absolute atomic E-state index is 13.3. The summed E-state index contributed by atoms with van der Waals surface area (Å²) in [5.74, 6) is -3.91. The molecule has 0 aliphatic carbocycles. The van der Waals surface area contributed by atoms with Crippen LogP contribution >= 0.6 is 11.6 Å². The number of ether oxygens (including phenoxy) is 1. The Morgan fingerprint density at radius 3 is 2.30 bits per heavy atom. The van der Waals surface area contributed by atoms with Crippen molar-refractivity contribution in [3.05, 3.63) is 81.1 Å². The van der Waals surface area contributed by atoms with Gasteiger partial charge in [0.25, 0.3) is 5.91 Å². The lowest BCUT2D eigenvalue weighted by Gasteiger charge is -2.43. The van der Waals surface area contributed by atoms with Crippen LogP contribution in [-0.4, -0.2) is 92.9 Å². The van der Waals surface area contributed by atoms with Gasteiger partial charge in [-0.3, -0.25) is 24.1 Å². The van der Waals surface area contributed by atoms with Gasteiger partial charge >= 0.3 is 17.9 Å². The van der Waals surface area contributed by atoms with Crippen LogP contribution in [0.15, 0.2) is 59.4 Å². The zero-order chi connectivity index (χ0) is 32.4. The van der Waals surface area contributed by atoms with Crippen molar-refractivity contribution in [2.24, 2.45) is 5.73 Å². The molecule has 236 valence electrons. The smallest absolute Gasteiger partial charge is 0.331 e. The average Bonchev–Trinajstić information content (AvgIpc) is 2.99. The molecule has 1 fully saturated rings. The number of aromatic amines is 1. The highest BCUT2D eigenvalue weighted by atomic mass is 35.5. The van der Waals surface area contributed by atoms with E-state index in [4.69, 9.17) is 32.3 Å². The van der Waals surface area contributed by atoms with Gasteiger partial charge in [-0.05, 0) is 49.2 Å². The van der Waals surface area contributed by atoms with Crippen molar-refractivity contribution in [3.8, 4) is 0 Å². The number of amides is 1. The Morgan fingerprint density at radius 1 is 1.07 bits per heavy atom. The number of pyridine rings is 1. The summed E-state index contributed by atoms with van der Waals surface area (Å²) in [5, 5.41) is 30.9. The zero-order valence-electron chi connectivity index (χ0n) is 24.0. The number of hydrogen-bond acceptors (Lipinski definition) is 8. The number of halogens is 1. The number of fused-ring (bicyclic) bond motifs is 1. The summed E-state index contributed by atoms with van der Waals surface area (Å²) in [5.41, 5.74) is 4.38. The number of carbonyl (C=O) groups is 4. The van der Waals surface area contributed by atoms with Crippen LogP contribution in [0.2, 0.25) is 5.02 Å². The first-order valence-electron chi connectivity index (χ1n) is 13.8. The molecule has 0 bridgehead atoms. The van der Waals surface area contributed by atoms with Crippen LogP contribution in [0, 0.1) is 0 Å². The number of aliphatic carboxylic acids is 3. The Kier molecular flexibility index (Phi) is 12.0. The van der Waals surface area contributed by atoms with E-state index in [2.05, 4.69) is 10.3 Å². The summed E-state index contributed by atoms with van der Waals surface area (Å²) < 4.78 is 5.44. The molecule has 3 unspecified atom stereocenters. The predicted octanol–water partition coefficient (Wildman–Crippen LogP) is 1.96. The third-order valence-corrected chi connectivity index (χ3v) is 7.68. The minimum absolute atomic E-state index is 0.0231. The summed E-state index contributed by atoms with van der Waals surface area (Å²) in [7, 11) is 0. The number of hydrogen-bond donors (Lipinski definition) is 6. The number of para-hydroxylation sites is 1. The lowest BCUT2D eigenvalue weighted by molar-refractivity contribution is -0.148. The molecular formula is C30H35ClN4O9. The largest absolute Gasteiger partial charge is 0.481 e. The van der Waals surface area contributed by atoms with Crippen molar-refractivity contribution >= 4 is 46.3 Å². The normalized spacial score (nSPS) is 16.1. The van der Waals surface area contributed by atoms with E-state index < -0.39 is 41.4 Å². The molecule has 44 heavy (non-hydrogen) atoms. The minimum Gasteiger partial charge on any atom is -0.481 e. The molecule has 0 spiro atoms. The van der Waals surface area contributed by atoms with Crippen LogP contribution < -0.4 is 16.6 Å². The van der Waals surface area contributed by atoms with Crippen molar-refractivity contribution in [2.75, 3.05) is 26.3 Å². The Labute approximate surface area is 257 Å². The SMILES string of the molecule is CC(N1CCOCC1)C(Cc1cc(=O)[nH]c2ccccc12)(NC(=O)c1ccc(Cl)cc1)C(=O)O.NC(CCC(=O)O)C(=O)O. The molecular weight excluding hydrogens is 596 g/mol. The highest BCUT2D eigenvalue weighted by Crippen LogP contribution is 2.27. The Bertz CT molecular complexity index is 1540. The molecule has 1 saturated heterocycles. The van der Waals surface area contributed by atoms with E-state index >= 15 is 0 Å². The van der Waals surface area contributed by atoms with E-state index in [1.807, 2.05) is 17.0 Å². The van der Waals surface area contributed by atoms with Gasteiger partial charge in [0.1, 0.15) is 6.04 Å². The summed E-state index contributed by atoms with van der Waals surface area (Å²) in [4.78, 5) is 63.3. The number of aromatic nitrogens is 1. The first-order chi connectivity index (χ1) is 20.8. The number of nitrogens with zero attached hydrogens (tertiary/aromatic N) is 1. The third kappa shape index (κ3) is 8.86. The third-order valence-electron chi connectivity index (χ3n) is 7.42. The number of rotatable bonds is 11. The molecule has 1 aliphatic heterocycles. The van der Waals surface area contributed by atoms with Gasteiger partial charge in [0.05, 0.1) is 13.2 Å². The van der Waals surface area contributed by atoms with Crippen LogP contribution in [0.5, 0.6) is 0 Å². The van der Waals surface area contributed by atoms with E-state index in [0.717, 1.165) is 5.39 Å². The van der Waals surface area contributed by atoms with Crippen LogP contribution in [0.25, 0.3) is 10.9 Å². The quantitative estimate of drug-likeness (QED) is 0.180. The summed E-state index contributed by atoms with van der Waals surface area (Å²) in [6.45, 7) is 3.79. The monoisotopic (exact) mass is 630 g/mol. The lowest BCUT2D eigenvalue weighted by atomic mass is 9.82. The molecule has 0 saturated carbocycles. The van der Waals surface area contributed by atoms with Crippen LogP contribution in [0.3, 0.4) is 0 Å². The fraction of sp³-hybridized carbons (Fsp3) is 0.367. The molecule has 2 aromatic carbocycles. The van der Waals surface area contributed by atoms with Gasteiger partial charge in [0, 0.05) is 59.5 Å². The number of carboxylic acids is 3. The van der Waals surface area contributed by atoms with Crippen molar-refractivity contribution in [2.45, 2.75) is 43.8 Å². The van der Waals surface area contributed by atoms with Gasteiger partial charge in [-0.1, -0.05) is 29.8 Å². The van der Waals surface area contributed by atoms with Gasteiger partial charge in [-0.25, -0.2) is 4.79 Å². The van der Waals surface area contributed by atoms with E-state index in [1.165, 1.54) is 6.07 Å². The zero-order valence-corrected chi connectivity index (χ0v) is 24.8. The van der Waals surface area contributed by atoms with Crippen molar-refractivity contribution in [3.63, 3.8) is 0 Å². The fourth-order valence-electron chi connectivity index (χ4n) is 4.88. The highest BCUT2D eigenvalue weighted by molar-refractivity contribution is 6.30. The molecule has 2 heterocycles. The first-order valence-corrected chi connectivity index (χ1v) is 14.2. The van der Waals surface area contributed by atoms with Crippen molar-refractivity contribution < 1.29 is 39.2 Å². The molecule has 3 aromatic rings. The van der Waals surface area contributed by atoms with E-state index in [1.54, 1.807) is 43.3 Å². The molecule has 13 nitrogen and oxygen atoms in total. The molecule has 7 N–H and O–H groups in total. The summed E-state index contributed by atoms with van der Waals surface area (Å²) in [6.07, 6.45) is -0.303. The standard InChI is InChI=1S/C25H26ClN3O5.C5H9NO4/c1-16(29-10-12-34-13-11-29)25(24(32)33,28-23(31)17-6-8-19(26)9-7-17)15-18-14-22(30)27-21-5-3-2-4-20(18)21;6-3(5(9)10)1-2-4(7)8/h2-9,14,16H,10-13,15H2,1H3,(H,27,30)(H,28,31)(H,32,33);3H,1-2,6H2,(H,7,8)(H,9,10). The minimum atomic E-state index is -1.72. The summed E-state index contributed by atoms with van der Waals surface area (Å²) >= 11 is 5.95. The van der Waals surface area contributed by atoms with Gasteiger partial charge < -0.3 is 36.1 Å². The second-order valence-corrected chi connectivity index (χ2v) is 10.8. The van der Waals surface area contributed by atoms with Crippen LogP contribution in [0.1, 0.15) is 35.7 Å².